The van der Waals surface area contributed by atoms with E-state index in [-0.39, 0.29) is 23.7 Å². The Kier molecular flexibility index (Phi) is 3.66. The molecule has 1 saturated heterocycles. The van der Waals surface area contributed by atoms with Gasteiger partial charge < -0.3 is 10.6 Å². The van der Waals surface area contributed by atoms with Crippen LogP contribution in [0.4, 0.5) is 0 Å². The molecule has 2 amide bonds. The highest BCUT2D eigenvalue weighted by molar-refractivity contribution is 6.00. The van der Waals surface area contributed by atoms with Crippen LogP contribution >= 0.6 is 0 Å². The number of amides is 2. The molecule has 114 valence electrons. The van der Waals surface area contributed by atoms with Gasteiger partial charge in [-0.3, -0.25) is 14.7 Å². The van der Waals surface area contributed by atoms with Crippen molar-refractivity contribution < 1.29 is 9.59 Å². The van der Waals surface area contributed by atoms with E-state index in [1.165, 1.54) is 6.20 Å². The molecule has 0 spiro atoms. The lowest BCUT2D eigenvalue weighted by atomic mass is 9.98. The van der Waals surface area contributed by atoms with Crippen molar-refractivity contribution in [3.63, 3.8) is 0 Å². The third-order valence-electron chi connectivity index (χ3n) is 4.20. The molecule has 1 fully saturated rings. The number of likely N-dealkylation sites (tertiary alicyclic amines) is 1. The fourth-order valence-corrected chi connectivity index (χ4v) is 2.95. The molecule has 3 rings (SSSR count). The van der Waals surface area contributed by atoms with E-state index in [1.807, 2.05) is 37.3 Å². The molecule has 2 atom stereocenters. The maximum atomic E-state index is 12.7. The van der Waals surface area contributed by atoms with Gasteiger partial charge in [-0.15, -0.1) is 0 Å². The Hall–Kier alpha value is -2.63. The molecule has 0 radical (unpaired) electrons. The SMILES string of the molecule is C[C@@H]1CN(C(=O)c2cn[nH]c2-c2ccccc2)C[C@H]1C(N)=O. The van der Waals surface area contributed by atoms with Gasteiger partial charge in [-0.25, -0.2) is 0 Å². The summed E-state index contributed by atoms with van der Waals surface area (Å²) in [6, 6.07) is 9.57. The van der Waals surface area contributed by atoms with E-state index in [0.29, 0.717) is 24.3 Å². The molecule has 3 N–H and O–H groups in total. The van der Waals surface area contributed by atoms with Gasteiger partial charge in [0.15, 0.2) is 0 Å². The lowest BCUT2D eigenvalue weighted by Gasteiger charge is -2.16. The summed E-state index contributed by atoms with van der Waals surface area (Å²) in [6.45, 7) is 2.84. The minimum atomic E-state index is -0.349. The van der Waals surface area contributed by atoms with Crippen LogP contribution in [0.1, 0.15) is 17.3 Å². The fraction of sp³-hybridized carbons (Fsp3) is 0.312. The molecule has 1 aromatic carbocycles. The molecular formula is C16H18N4O2. The number of nitrogens with zero attached hydrogens (tertiary/aromatic N) is 2. The topological polar surface area (TPSA) is 92.1 Å². The summed E-state index contributed by atoms with van der Waals surface area (Å²) in [5.74, 6) is -0.675. The Labute approximate surface area is 128 Å². The van der Waals surface area contributed by atoms with Gasteiger partial charge in [-0.05, 0) is 5.92 Å². The summed E-state index contributed by atoms with van der Waals surface area (Å²) in [6.07, 6.45) is 1.53. The lowest BCUT2D eigenvalue weighted by Crippen LogP contribution is -2.32. The standard InChI is InChI=1S/C16H18N4O2/c1-10-8-20(9-13(10)15(17)21)16(22)12-7-18-19-14(12)11-5-3-2-4-6-11/h2-7,10,13H,8-9H2,1H3,(H2,17,21)(H,18,19)/t10-,13-/m1/s1. The lowest BCUT2D eigenvalue weighted by molar-refractivity contribution is -0.122. The van der Waals surface area contributed by atoms with Crippen LogP contribution in [-0.2, 0) is 4.79 Å². The number of carbonyl (C=O) groups excluding carboxylic acids is 2. The van der Waals surface area contributed by atoms with Gasteiger partial charge in [0.25, 0.3) is 5.91 Å². The molecular weight excluding hydrogens is 280 g/mol. The first-order valence-electron chi connectivity index (χ1n) is 7.25. The molecule has 0 aliphatic carbocycles. The number of nitrogens with two attached hydrogens (primary N) is 1. The van der Waals surface area contributed by atoms with Crippen LogP contribution in [0, 0.1) is 11.8 Å². The average molecular weight is 298 g/mol. The Balaban J connectivity index is 1.86. The van der Waals surface area contributed by atoms with Crippen molar-refractivity contribution in [2.75, 3.05) is 13.1 Å². The highest BCUT2D eigenvalue weighted by Gasteiger charge is 2.36. The van der Waals surface area contributed by atoms with E-state index in [4.69, 9.17) is 5.73 Å². The predicted octanol–water partition coefficient (Wildman–Crippen LogP) is 1.27. The number of rotatable bonds is 3. The first kappa shape index (κ1) is 14.3. The van der Waals surface area contributed by atoms with Gasteiger partial charge in [0.1, 0.15) is 0 Å². The molecule has 2 heterocycles. The number of aromatic nitrogens is 2. The summed E-state index contributed by atoms with van der Waals surface area (Å²) in [5, 5.41) is 6.88. The van der Waals surface area contributed by atoms with Crippen LogP contribution in [-0.4, -0.2) is 40.0 Å². The summed E-state index contributed by atoms with van der Waals surface area (Å²) in [5.41, 5.74) is 7.51. The van der Waals surface area contributed by atoms with E-state index in [0.717, 1.165) is 5.56 Å². The Bertz CT molecular complexity index is 695. The third kappa shape index (κ3) is 2.47. The van der Waals surface area contributed by atoms with Gasteiger partial charge in [0.2, 0.25) is 5.91 Å². The maximum absolute atomic E-state index is 12.7. The third-order valence-corrected chi connectivity index (χ3v) is 4.20. The van der Waals surface area contributed by atoms with Crippen LogP contribution in [0.3, 0.4) is 0 Å². The monoisotopic (exact) mass is 298 g/mol. The molecule has 22 heavy (non-hydrogen) atoms. The number of hydrogen-bond donors (Lipinski definition) is 2. The molecule has 1 aromatic heterocycles. The number of nitrogens with one attached hydrogen (secondary N) is 1. The summed E-state index contributed by atoms with van der Waals surface area (Å²) in [4.78, 5) is 25.8. The van der Waals surface area contributed by atoms with Crippen LogP contribution < -0.4 is 5.73 Å². The molecule has 1 aliphatic rings. The molecule has 0 unspecified atom stereocenters. The number of primary amides is 1. The average Bonchev–Trinajstić information content (AvgIpc) is 3.14. The zero-order chi connectivity index (χ0) is 15.7. The number of benzene rings is 1. The zero-order valence-corrected chi connectivity index (χ0v) is 12.3. The van der Waals surface area contributed by atoms with Crippen molar-refractivity contribution in [2.24, 2.45) is 17.6 Å². The number of aromatic amines is 1. The van der Waals surface area contributed by atoms with Crippen molar-refractivity contribution in [1.29, 1.82) is 0 Å². The molecule has 0 saturated carbocycles. The Morgan fingerprint density at radius 1 is 1.27 bits per heavy atom. The number of carbonyl (C=O) groups is 2. The molecule has 2 aromatic rings. The second-order valence-corrected chi connectivity index (χ2v) is 5.72. The van der Waals surface area contributed by atoms with Crippen molar-refractivity contribution in [3.8, 4) is 11.3 Å². The fourth-order valence-electron chi connectivity index (χ4n) is 2.95. The van der Waals surface area contributed by atoms with Crippen molar-refractivity contribution >= 4 is 11.8 Å². The number of hydrogen-bond acceptors (Lipinski definition) is 3. The van der Waals surface area contributed by atoms with Crippen LogP contribution in [0.5, 0.6) is 0 Å². The molecule has 0 bridgehead atoms. The smallest absolute Gasteiger partial charge is 0.257 e. The second-order valence-electron chi connectivity index (χ2n) is 5.72. The van der Waals surface area contributed by atoms with Crippen LogP contribution in [0.2, 0.25) is 0 Å². The molecule has 6 heteroatoms. The quantitative estimate of drug-likeness (QED) is 0.893. The highest BCUT2D eigenvalue weighted by atomic mass is 16.2. The van der Waals surface area contributed by atoms with E-state index in [2.05, 4.69) is 10.2 Å². The summed E-state index contributed by atoms with van der Waals surface area (Å²) < 4.78 is 0. The Morgan fingerprint density at radius 2 is 2.00 bits per heavy atom. The first-order chi connectivity index (χ1) is 10.6. The maximum Gasteiger partial charge on any atom is 0.257 e. The van der Waals surface area contributed by atoms with Gasteiger partial charge in [0.05, 0.1) is 23.4 Å². The zero-order valence-electron chi connectivity index (χ0n) is 12.3. The van der Waals surface area contributed by atoms with Crippen molar-refractivity contribution in [2.45, 2.75) is 6.92 Å². The van der Waals surface area contributed by atoms with E-state index < -0.39 is 0 Å². The van der Waals surface area contributed by atoms with Gasteiger partial charge in [-0.2, -0.15) is 5.10 Å². The van der Waals surface area contributed by atoms with E-state index in [1.54, 1.807) is 4.90 Å². The van der Waals surface area contributed by atoms with Crippen LogP contribution in [0.15, 0.2) is 36.5 Å². The minimum absolute atomic E-state index is 0.0773. The molecule has 6 nitrogen and oxygen atoms in total. The number of H-pyrrole nitrogens is 1. The minimum Gasteiger partial charge on any atom is -0.369 e. The first-order valence-corrected chi connectivity index (χ1v) is 7.25. The van der Waals surface area contributed by atoms with E-state index in [9.17, 15) is 9.59 Å². The second kappa shape index (κ2) is 5.63. The summed E-state index contributed by atoms with van der Waals surface area (Å²) in [7, 11) is 0. The van der Waals surface area contributed by atoms with Crippen molar-refractivity contribution in [1.82, 2.24) is 15.1 Å². The van der Waals surface area contributed by atoms with Gasteiger partial charge in [-0.1, -0.05) is 37.3 Å². The van der Waals surface area contributed by atoms with E-state index >= 15 is 0 Å². The van der Waals surface area contributed by atoms with Gasteiger partial charge >= 0.3 is 0 Å². The Morgan fingerprint density at radius 3 is 2.64 bits per heavy atom. The predicted molar refractivity (Wildman–Crippen MR) is 81.8 cm³/mol. The largest absolute Gasteiger partial charge is 0.369 e. The molecule has 1 aliphatic heterocycles. The van der Waals surface area contributed by atoms with Crippen LogP contribution in [0.25, 0.3) is 11.3 Å². The van der Waals surface area contributed by atoms with Crippen molar-refractivity contribution in [3.05, 3.63) is 42.1 Å². The summed E-state index contributed by atoms with van der Waals surface area (Å²) >= 11 is 0. The normalized spacial score (nSPS) is 21.0. The van der Waals surface area contributed by atoms with Gasteiger partial charge in [0, 0.05) is 18.7 Å². The highest BCUT2D eigenvalue weighted by Crippen LogP contribution is 2.27.